The third kappa shape index (κ3) is 2.87. The Hall–Kier alpha value is -1.50. The lowest BCUT2D eigenvalue weighted by Gasteiger charge is -2.18. The van der Waals surface area contributed by atoms with Crippen LogP contribution in [0, 0.1) is 13.8 Å². The van der Waals surface area contributed by atoms with Crippen LogP contribution in [0.15, 0.2) is 0 Å². The van der Waals surface area contributed by atoms with E-state index in [1.807, 2.05) is 11.3 Å². The summed E-state index contributed by atoms with van der Waals surface area (Å²) in [6.07, 6.45) is 0. The first-order valence-electron chi connectivity index (χ1n) is 9.78. The summed E-state index contributed by atoms with van der Waals surface area (Å²) in [6.45, 7) is 17.5. The summed E-state index contributed by atoms with van der Waals surface area (Å²) in [5.74, 6) is -0.338. The van der Waals surface area contributed by atoms with Crippen LogP contribution < -0.4 is 0 Å². The lowest BCUT2D eigenvalue weighted by atomic mass is 9.90. The zero-order valence-corrected chi connectivity index (χ0v) is 20.9. The van der Waals surface area contributed by atoms with E-state index in [2.05, 4.69) is 55.4 Å². The molecule has 3 aromatic rings. The van der Waals surface area contributed by atoms with Crippen LogP contribution >= 0.6 is 34.0 Å². The molecule has 0 N–H and O–H groups in total. The van der Waals surface area contributed by atoms with Crippen molar-refractivity contribution in [1.82, 2.24) is 4.90 Å². The summed E-state index contributed by atoms with van der Waals surface area (Å²) in [5.41, 5.74) is 3.74. The Labute approximate surface area is 184 Å². The van der Waals surface area contributed by atoms with Crippen LogP contribution in [0.5, 0.6) is 0 Å². The fraction of sp³-hybridized carbons (Fsp3) is 0.478. The number of carbonyl (C=O) groups excluding carboxylic acids is 2. The van der Waals surface area contributed by atoms with Gasteiger partial charge in [0.1, 0.15) is 0 Å². The molecule has 0 unspecified atom stereocenters. The van der Waals surface area contributed by atoms with Crippen molar-refractivity contribution in [1.29, 1.82) is 0 Å². The lowest BCUT2D eigenvalue weighted by Crippen LogP contribution is -2.26. The average Bonchev–Trinajstić information content (AvgIpc) is 3.27. The molecule has 2 amide bonds. The fourth-order valence-corrected chi connectivity index (χ4v) is 8.43. The van der Waals surface area contributed by atoms with E-state index in [9.17, 15) is 9.59 Å². The number of thiophene rings is 3. The molecule has 0 saturated carbocycles. The summed E-state index contributed by atoms with van der Waals surface area (Å²) < 4.78 is 2.63. The van der Waals surface area contributed by atoms with Gasteiger partial charge >= 0.3 is 0 Å². The lowest BCUT2D eigenvalue weighted by molar-refractivity contribution is 0.0692. The van der Waals surface area contributed by atoms with Gasteiger partial charge in [-0.15, -0.1) is 34.0 Å². The van der Waals surface area contributed by atoms with Gasteiger partial charge in [0, 0.05) is 26.2 Å². The van der Waals surface area contributed by atoms with Crippen molar-refractivity contribution in [2.24, 2.45) is 0 Å². The third-order valence-electron chi connectivity index (χ3n) is 5.49. The van der Waals surface area contributed by atoms with Gasteiger partial charge in [0.05, 0.1) is 20.9 Å². The maximum Gasteiger partial charge on any atom is 0.262 e. The average molecular weight is 446 g/mol. The molecule has 0 fully saturated rings. The molecule has 29 heavy (non-hydrogen) atoms. The molecule has 3 nitrogen and oxygen atoms in total. The van der Waals surface area contributed by atoms with Crippen LogP contribution in [-0.2, 0) is 10.8 Å². The molecule has 0 atom stereocenters. The molecule has 6 heteroatoms. The standard InChI is InChI=1S/C23H27NO2S3/c1-10-14-16(11(2)18(28-14)22(3,4)5)27-15(10)17-12-13(19(29-17)23(6,7)8)21(26)24(9)20(12)25/h1-9H3. The fourth-order valence-electron chi connectivity index (χ4n) is 4.04. The van der Waals surface area contributed by atoms with E-state index in [0.29, 0.717) is 11.1 Å². The Morgan fingerprint density at radius 2 is 1.17 bits per heavy atom. The van der Waals surface area contributed by atoms with Crippen molar-refractivity contribution < 1.29 is 9.59 Å². The van der Waals surface area contributed by atoms with E-state index in [4.69, 9.17) is 0 Å². The summed E-state index contributed by atoms with van der Waals surface area (Å²) >= 11 is 5.27. The highest BCUT2D eigenvalue weighted by atomic mass is 32.1. The van der Waals surface area contributed by atoms with E-state index in [-0.39, 0.29) is 22.6 Å². The van der Waals surface area contributed by atoms with Gasteiger partial charge in [0.25, 0.3) is 11.8 Å². The molecule has 0 aromatic carbocycles. The first kappa shape index (κ1) is 20.8. The highest BCUT2D eigenvalue weighted by Crippen LogP contribution is 2.52. The number of nitrogens with zero attached hydrogens (tertiary/aromatic N) is 1. The molecule has 154 valence electrons. The smallest absolute Gasteiger partial charge is 0.262 e. The number of amides is 2. The third-order valence-corrected chi connectivity index (χ3v) is 10.6. The number of aryl methyl sites for hydroxylation is 2. The SMILES string of the molecule is Cc1c(-c2sc(C(C)(C)C)c3c2C(=O)N(C)C3=O)sc2c(C)c(C(C)(C)C)sc12. The van der Waals surface area contributed by atoms with Crippen molar-refractivity contribution in [2.45, 2.75) is 66.2 Å². The highest BCUT2D eigenvalue weighted by molar-refractivity contribution is 7.32. The maximum atomic E-state index is 13.0. The Bertz CT molecular complexity index is 1190. The Balaban J connectivity index is 2.01. The van der Waals surface area contributed by atoms with Crippen LogP contribution in [0.2, 0.25) is 0 Å². The largest absolute Gasteiger partial charge is 0.277 e. The van der Waals surface area contributed by atoms with Gasteiger partial charge in [-0.2, -0.15) is 0 Å². The van der Waals surface area contributed by atoms with Crippen molar-refractivity contribution in [3.8, 4) is 9.75 Å². The van der Waals surface area contributed by atoms with E-state index >= 15 is 0 Å². The number of hydrogen-bond acceptors (Lipinski definition) is 5. The van der Waals surface area contributed by atoms with Crippen molar-refractivity contribution in [3.05, 3.63) is 32.0 Å². The van der Waals surface area contributed by atoms with Crippen molar-refractivity contribution in [3.63, 3.8) is 0 Å². The van der Waals surface area contributed by atoms with E-state index in [1.165, 1.54) is 30.3 Å². The zero-order valence-electron chi connectivity index (χ0n) is 18.5. The molecule has 0 spiro atoms. The minimum Gasteiger partial charge on any atom is -0.277 e. The predicted molar refractivity (Wildman–Crippen MR) is 126 cm³/mol. The van der Waals surface area contributed by atoms with Gasteiger partial charge in [-0.05, 0) is 35.8 Å². The molecule has 4 rings (SSSR count). The van der Waals surface area contributed by atoms with Crippen molar-refractivity contribution in [2.75, 3.05) is 7.05 Å². The first-order valence-corrected chi connectivity index (χ1v) is 12.2. The molecular weight excluding hydrogens is 418 g/mol. The molecule has 1 aliphatic rings. The van der Waals surface area contributed by atoms with Gasteiger partial charge in [-0.1, -0.05) is 41.5 Å². The number of carbonyl (C=O) groups is 2. The highest BCUT2D eigenvalue weighted by Gasteiger charge is 2.43. The summed E-state index contributed by atoms with van der Waals surface area (Å²) in [7, 11) is 1.59. The zero-order chi connectivity index (χ0) is 21.6. The number of imide groups is 1. The van der Waals surface area contributed by atoms with E-state index in [0.717, 1.165) is 14.6 Å². The Morgan fingerprint density at radius 3 is 1.69 bits per heavy atom. The second-order valence-electron chi connectivity index (χ2n) is 9.95. The normalized spacial score (nSPS) is 15.1. The molecule has 0 bridgehead atoms. The van der Waals surface area contributed by atoms with E-state index < -0.39 is 0 Å². The second kappa shape index (κ2) is 6.25. The van der Waals surface area contributed by atoms with Gasteiger partial charge in [-0.25, -0.2) is 0 Å². The summed E-state index contributed by atoms with van der Waals surface area (Å²) in [4.78, 5) is 31.6. The molecule has 3 aromatic heterocycles. The van der Waals surface area contributed by atoms with Crippen LogP contribution in [0.1, 0.15) is 83.1 Å². The number of rotatable bonds is 1. The van der Waals surface area contributed by atoms with Gasteiger partial charge in [0.15, 0.2) is 0 Å². The topological polar surface area (TPSA) is 37.4 Å². The molecular formula is C23H27NO2S3. The minimum atomic E-state index is -0.189. The van der Waals surface area contributed by atoms with Gasteiger partial charge < -0.3 is 0 Å². The van der Waals surface area contributed by atoms with Gasteiger partial charge in [0.2, 0.25) is 0 Å². The Kier molecular flexibility index (Phi) is 4.48. The summed E-state index contributed by atoms with van der Waals surface area (Å²) in [6, 6.07) is 0. The van der Waals surface area contributed by atoms with Crippen LogP contribution in [0.25, 0.3) is 19.2 Å². The Morgan fingerprint density at radius 1 is 0.655 bits per heavy atom. The molecule has 1 aliphatic heterocycles. The second-order valence-corrected chi connectivity index (χ2v) is 13.0. The summed E-state index contributed by atoms with van der Waals surface area (Å²) in [5, 5.41) is 0. The maximum absolute atomic E-state index is 13.0. The predicted octanol–water partition coefficient (Wildman–Crippen LogP) is 7.13. The number of hydrogen-bond donors (Lipinski definition) is 0. The van der Waals surface area contributed by atoms with Gasteiger partial charge in [-0.3, -0.25) is 14.5 Å². The molecule has 0 radical (unpaired) electrons. The molecule has 0 saturated heterocycles. The molecule has 0 aliphatic carbocycles. The minimum absolute atomic E-state index is 0.120. The quantitative estimate of drug-likeness (QED) is 0.374. The number of fused-ring (bicyclic) bond motifs is 2. The molecule has 4 heterocycles. The van der Waals surface area contributed by atoms with Crippen molar-refractivity contribution >= 4 is 55.2 Å². The monoisotopic (exact) mass is 445 g/mol. The van der Waals surface area contributed by atoms with Crippen LogP contribution in [-0.4, -0.2) is 23.8 Å². The van der Waals surface area contributed by atoms with E-state index in [1.54, 1.807) is 29.7 Å². The van der Waals surface area contributed by atoms with Crippen LogP contribution in [0.3, 0.4) is 0 Å². The van der Waals surface area contributed by atoms with Crippen LogP contribution in [0.4, 0.5) is 0 Å². The first-order chi connectivity index (χ1) is 13.2.